The number of aromatic nitrogens is 2. The molecule has 20 heavy (non-hydrogen) atoms. The van der Waals surface area contributed by atoms with E-state index in [1.54, 1.807) is 6.20 Å². The number of nitrogens with zero attached hydrogens (tertiary/aromatic N) is 2. The first-order valence-corrected chi connectivity index (χ1v) is 7.79. The largest absolute Gasteiger partial charge is 0.307 e. The van der Waals surface area contributed by atoms with Crippen molar-refractivity contribution in [3.8, 4) is 0 Å². The van der Waals surface area contributed by atoms with Gasteiger partial charge in [-0.2, -0.15) is 5.10 Å². The summed E-state index contributed by atoms with van der Waals surface area (Å²) in [5.74, 6) is 0.655. The summed E-state index contributed by atoms with van der Waals surface area (Å²) in [7, 11) is 0. The van der Waals surface area contributed by atoms with Crippen molar-refractivity contribution in [1.82, 2.24) is 9.78 Å². The van der Waals surface area contributed by atoms with Crippen molar-refractivity contribution < 1.29 is 4.79 Å². The van der Waals surface area contributed by atoms with E-state index >= 15 is 0 Å². The predicted molar refractivity (Wildman–Crippen MR) is 89.0 cm³/mol. The van der Waals surface area contributed by atoms with Crippen LogP contribution in [0.1, 0.15) is 35.7 Å². The Bertz CT molecular complexity index is 607. The summed E-state index contributed by atoms with van der Waals surface area (Å²) in [6, 6.07) is 7.53. The van der Waals surface area contributed by atoms with E-state index in [1.807, 2.05) is 35.9 Å². The Labute approximate surface area is 132 Å². The fraction of sp³-hybridized carbons (Fsp3) is 0.333. The second kappa shape index (κ2) is 6.88. The first-order chi connectivity index (χ1) is 9.61. The molecule has 4 nitrogen and oxygen atoms in total. The third-order valence-electron chi connectivity index (χ3n) is 3.10. The molecule has 0 aliphatic heterocycles. The van der Waals surface area contributed by atoms with Gasteiger partial charge in [0.1, 0.15) is 5.82 Å². The first-order valence-electron chi connectivity index (χ1n) is 6.71. The monoisotopic (exact) mass is 383 g/mol. The van der Waals surface area contributed by atoms with E-state index in [0.29, 0.717) is 5.56 Å². The molecule has 0 saturated heterocycles. The maximum atomic E-state index is 12.2. The molecule has 2 rings (SSSR count). The highest BCUT2D eigenvalue weighted by atomic mass is 127. The van der Waals surface area contributed by atoms with Gasteiger partial charge in [-0.3, -0.25) is 4.79 Å². The average Bonchev–Trinajstić information content (AvgIpc) is 2.86. The fourth-order valence-electron chi connectivity index (χ4n) is 1.90. The third kappa shape index (κ3) is 3.59. The highest BCUT2D eigenvalue weighted by Crippen LogP contribution is 2.15. The molecule has 0 saturated carbocycles. The number of anilines is 1. The SMILES string of the molecule is CCCCn1nccc1NC(=O)c1ccc(I)c(C)c1. The van der Waals surface area contributed by atoms with Crippen LogP contribution >= 0.6 is 22.6 Å². The molecule has 1 N–H and O–H groups in total. The number of unbranched alkanes of at least 4 members (excludes halogenated alkanes) is 1. The molecular formula is C15H18IN3O. The molecule has 5 heteroatoms. The minimum atomic E-state index is -0.0947. The van der Waals surface area contributed by atoms with Crippen LogP contribution in [0.2, 0.25) is 0 Å². The highest BCUT2D eigenvalue weighted by Gasteiger charge is 2.10. The second-order valence-electron chi connectivity index (χ2n) is 4.71. The van der Waals surface area contributed by atoms with Crippen molar-refractivity contribution in [3.63, 3.8) is 0 Å². The highest BCUT2D eigenvalue weighted by molar-refractivity contribution is 14.1. The van der Waals surface area contributed by atoms with Crippen molar-refractivity contribution in [3.05, 3.63) is 45.2 Å². The fourth-order valence-corrected chi connectivity index (χ4v) is 2.23. The Morgan fingerprint density at radius 3 is 2.90 bits per heavy atom. The zero-order chi connectivity index (χ0) is 14.5. The number of benzene rings is 1. The van der Waals surface area contributed by atoms with Crippen molar-refractivity contribution >= 4 is 34.3 Å². The van der Waals surface area contributed by atoms with E-state index in [1.165, 1.54) is 0 Å². The third-order valence-corrected chi connectivity index (χ3v) is 4.31. The van der Waals surface area contributed by atoms with Gasteiger partial charge in [0.25, 0.3) is 5.91 Å². The molecule has 0 atom stereocenters. The van der Waals surface area contributed by atoms with Crippen LogP contribution in [0.15, 0.2) is 30.5 Å². The summed E-state index contributed by atoms with van der Waals surface area (Å²) < 4.78 is 2.99. The molecule has 0 radical (unpaired) electrons. The van der Waals surface area contributed by atoms with Gasteiger partial charge >= 0.3 is 0 Å². The predicted octanol–water partition coefficient (Wildman–Crippen LogP) is 3.85. The van der Waals surface area contributed by atoms with E-state index in [-0.39, 0.29) is 5.91 Å². The zero-order valence-electron chi connectivity index (χ0n) is 11.7. The van der Waals surface area contributed by atoms with Gasteiger partial charge in [-0.15, -0.1) is 0 Å². The molecule has 0 unspecified atom stereocenters. The van der Waals surface area contributed by atoms with Gasteiger partial charge in [-0.05, 0) is 59.7 Å². The van der Waals surface area contributed by atoms with Gasteiger partial charge in [0.05, 0.1) is 6.20 Å². The van der Waals surface area contributed by atoms with Crippen LogP contribution in [-0.2, 0) is 6.54 Å². The molecular weight excluding hydrogens is 365 g/mol. The topological polar surface area (TPSA) is 46.9 Å². The van der Waals surface area contributed by atoms with Crippen LogP contribution < -0.4 is 5.32 Å². The molecule has 106 valence electrons. The van der Waals surface area contributed by atoms with Crippen LogP contribution in [0, 0.1) is 10.5 Å². The van der Waals surface area contributed by atoms with Gasteiger partial charge < -0.3 is 5.32 Å². The summed E-state index contributed by atoms with van der Waals surface area (Å²) in [5.41, 5.74) is 1.78. The Morgan fingerprint density at radius 1 is 1.40 bits per heavy atom. The number of rotatable bonds is 5. The molecule has 1 amide bonds. The lowest BCUT2D eigenvalue weighted by molar-refractivity contribution is 0.102. The smallest absolute Gasteiger partial charge is 0.256 e. The number of amides is 1. The number of hydrogen-bond acceptors (Lipinski definition) is 2. The lowest BCUT2D eigenvalue weighted by atomic mass is 10.1. The number of nitrogens with one attached hydrogen (secondary N) is 1. The molecule has 1 heterocycles. The standard InChI is InChI=1S/C15H18IN3O/c1-3-4-9-19-14(7-8-17-19)18-15(20)12-5-6-13(16)11(2)10-12/h5-8,10H,3-4,9H2,1-2H3,(H,18,20). The molecule has 0 aliphatic carbocycles. The van der Waals surface area contributed by atoms with Crippen LogP contribution in [0.25, 0.3) is 0 Å². The van der Waals surface area contributed by atoms with Gasteiger partial charge in [0.15, 0.2) is 0 Å². The van der Waals surface area contributed by atoms with E-state index in [4.69, 9.17) is 0 Å². The molecule has 0 fully saturated rings. The van der Waals surface area contributed by atoms with Gasteiger partial charge in [0.2, 0.25) is 0 Å². The van der Waals surface area contributed by atoms with Crippen molar-refractivity contribution in [2.24, 2.45) is 0 Å². The lowest BCUT2D eigenvalue weighted by Crippen LogP contribution is -2.16. The molecule has 0 aliphatic rings. The van der Waals surface area contributed by atoms with E-state index in [9.17, 15) is 4.79 Å². The number of halogens is 1. The summed E-state index contributed by atoms with van der Waals surface area (Å²) in [5, 5.41) is 7.15. The molecule has 2 aromatic rings. The normalized spacial score (nSPS) is 10.6. The Balaban J connectivity index is 2.11. The second-order valence-corrected chi connectivity index (χ2v) is 5.87. The quantitative estimate of drug-likeness (QED) is 0.798. The van der Waals surface area contributed by atoms with Crippen LogP contribution in [-0.4, -0.2) is 15.7 Å². The minimum Gasteiger partial charge on any atom is -0.307 e. The lowest BCUT2D eigenvalue weighted by Gasteiger charge is -2.09. The van der Waals surface area contributed by atoms with Crippen molar-refractivity contribution in [2.45, 2.75) is 33.2 Å². The Morgan fingerprint density at radius 2 is 2.20 bits per heavy atom. The number of aryl methyl sites for hydroxylation is 2. The van der Waals surface area contributed by atoms with Crippen molar-refractivity contribution in [1.29, 1.82) is 0 Å². The summed E-state index contributed by atoms with van der Waals surface area (Å²) in [6.07, 6.45) is 3.86. The Hall–Kier alpha value is -1.37. The molecule has 1 aromatic heterocycles. The van der Waals surface area contributed by atoms with E-state index in [2.05, 4.69) is 39.9 Å². The van der Waals surface area contributed by atoms with E-state index in [0.717, 1.165) is 34.3 Å². The Kier molecular flexibility index (Phi) is 5.17. The molecule has 1 aromatic carbocycles. The van der Waals surface area contributed by atoms with E-state index < -0.39 is 0 Å². The van der Waals surface area contributed by atoms with Crippen LogP contribution in [0.5, 0.6) is 0 Å². The number of carbonyl (C=O) groups excluding carboxylic acids is 1. The number of hydrogen-bond donors (Lipinski definition) is 1. The van der Waals surface area contributed by atoms with Crippen LogP contribution in [0.4, 0.5) is 5.82 Å². The van der Waals surface area contributed by atoms with Gasteiger partial charge in [-0.25, -0.2) is 4.68 Å². The van der Waals surface area contributed by atoms with Gasteiger partial charge in [-0.1, -0.05) is 13.3 Å². The van der Waals surface area contributed by atoms with Crippen molar-refractivity contribution in [2.75, 3.05) is 5.32 Å². The maximum Gasteiger partial charge on any atom is 0.256 e. The summed E-state index contributed by atoms with van der Waals surface area (Å²) in [6.45, 7) is 4.96. The maximum absolute atomic E-state index is 12.2. The first kappa shape index (κ1) is 15.0. The molecule has 0 bridgehead atoms. The summed E-state index contributed by atoms with van der Waals surface area (Å²) >= 11 is 2.26. The minimum absolute atomic E-state index is 0.0947. The van der Waals surface area contributed by atoms with Crippen LogP contribution in [0.3, 0.4) is 0 Å². The zero-order valence-corrected chi connectivity index (χ0v) is 13.8. The van der Waals surface area contributed by atoms with Gasteiger partial charge in [0, 0.05) is 21.7 Å². The average molecular weight is 383 g/mol. The number of carbonyl (C=O) groups is 1. The summed E-state index contributed by atoms with van der Waals surface area (Å²) in [4.78, 5) is 12.2. The molecule has 0 spiro atoms.